The fourth-order valence-corrected chi connectivity index (χ4v) is 1.65. The van der Waals surface area contributed by atoms with E-state index in [-0.39, 0.29) is 12.5 Å². The third-order valence-corrected chi connectivity index (χ3v) is 2.72. The molecule has 1 amide bonds. The molecule has 0 aromatic heterocycles. The minimum absolute atomic E-state index is 0.159. The van der Waals surface area contributed by atoms with Gasteiger partial charge in [0, 0.05) is 6.42 Å². The number of benzene rings is 1. The molecule has 3 N–H and O–H groups in total. The Morgan fingerprint density at radius 1 is 1.37 bits per heavy atom. The summed E-state index contributed by atoms with van der Waals surface area (Å²) in [5, 5.41) is 21.7. The van der Waals surface area contributed by atoms with Gasteiger partial charge in [0.25, 0.3) is 0 Å². The zero-order valence-corrected chi connectivity index (χ0v) is 11.1. The van der Waals surface area contributed by atoms with Gasteiger partial charge in [0.1, 0.15) is 0 Å². The van der Waals surface area contributed by atoms with Crippen LogP contribution in [-0.4, -0.2) is 34.9 Å². The van der Waals surface area contributed by atoms with E-state index in [1.165, 1.54) is 0 Å². The molecular weight excluding hydrogens is 242 g/mol. The van der Waals surface area contributed by atoms with Crippen molar-refractivity contribution >= 4 is 12.0 Å². The molecule has 0 radical (unpaired) electrons. The third kappa shape index (κ3) is 5.68. The van der Waals surface area contributed by atoms with E-state index in [2.05, 4.69) is 5.32 Å². The van der Waals surface area contributed by atoms with Gasteiger partial charge in [-0.3, -0.25) is 4.79 Å². The lowest BCUT2D eigenvalue weighted by Gasteiger charge is -2.19. The molecule has 19 heavy (non-hydrogen) atoms. The predicted octanol–water partition coefficient (Wildman–Crippen LogP) is 1.34. The van der Waals surface area contributed by atoms with Crippen molar-refractivity contribution in [2.75, 3.05) is 6.61 Å². The molecular formula is C15H21NO3. The van der Waals surface area contributed by atoms with Gasteiger partial charge in [-0.25, -0.2) is 0 Å². The number of rotatable bonds is 7. The lowest BCUT2D eigenvalue weighted by molar-refractivity contribution is -0.122. The molecule has 4 heteroatoms. The Morgan fingerprint density at radius 3 is 2.63 bits per heavy atom. The molecule has 1 rings (SSSR count). The van der Waals surface area contributed by atoms with E-state index in [9.17, 15) is 15.0 Å². The van der Waals surface area contributed by atoms with Crippen molar-refractivity contribution in [3.05, 3.63) is 42.0 Å². The van der Waals surface area contributed by atoms with Crippen molar-refractivity contribution in [3.63, 3.8) is 0 Å². The lowest BCUT2D eigenvalue weighted by atomic mass is 10.1. The van der Waals surface area contributed by atoms with E-state index < -0.39 is 12.1 Å². The molecule has 0 fully saturated rings. The van der Waals surface area contributed by atoms with E-state index in [4.69, 9.17) is 0 Å². The third-order valence-electron chi connectivity index (χ3n) is 2.72. The van der Waals surface area contributed by atoms with E-state index in [0.29, 0.717) is 6.42 Å². The quantitative estimate of drug-likeness (QED) is 0.695. The molecule has 0 saturated heterocycles. The maximum atomic E-state index is 11.4. The maximum absolute atomic E-state index is 11.4. The highest BCUT2D eigenvalue weighted by molar-refractivity contribution is 5.76. The van der Waals surface area contributed by atoms with Crippen molar-refractivity contribution in [3.8, 4) is 0 Å². The van der Waals surface area contributed by atoms with Crippen molar-refractivity contribution < 1.29 is 15.0 Å². The molecule has 0 aliphatic heterocycles. The Balaban J connectivity index is 2.56. The molecule has 2 atom stereocenters. The van der Waals surface area contributed by atoms with Crippen LogP contribution in [0.3, 0.4) is 0 Å². The second-order valence-corrected chi connectivity index (χ2v) is 4.37. The zero-order valence-electron chi connectivity index (χ0n) is 11.1. The highest BCUT2D eigenvalue weighted by atomic mass is 16.3. The van der Waals surface area contributed by atoms with Crippen LogP contribution < -0.4 is 5.32 Å². The van der Waals surface area contributed by atoms with Gasteiger partial charge in [-0.1, -0.05) is 49.4 Å². The van der Waals surface area contributed by atoms with Gasteiger partial charge in [0.15, 0.2) is 0 Å². The van der Waals surface area contributed by atoms with Crippen LogP contribution >= 0.6 is 0 Å². The SMILES string of the molecule is CCCC(=O)N[C@@H](CO)[C@H](O)/C=C/c1ccccc1. The molecule has 1 aromatic carbocycles. The first-order valence-electron chi connectivity index (χ1n) is 6.49. The molecule has 1 aromatic rings. The molecule has 0 saturated carbocycles. The first kappa shape index (κ1) is 15.4. The normalized spacial score (nSPS) is 14.3. The summed E-state index contributed by atoms with van der Waals surface area (Å²) < 4.78 is 0. The Kier molecular flexibility index (Phi) is 6.85. The standard InChI is InChI=1S/C15H21NO3/c1-2-6-15(19)16-13(11-17)14(18)10-9-12-7-4-3-5-8-12/h3-5,7-10,13-14,17-18H,2,6,11H2,1H3,(H,16,19)/b10-9+/t13-,14+/m0/s1. The average molecular weight is 263 g/mol. The highest BCUT2D eigenvalue weighted by Gasteiger charge is 2.17. The predicted molar refractivity (Wildman–Crippen MR) is 75.4 cm³/mol. The summed E-state index contributed by atoms with van der Waals surface area (Å²) in [6.45, 7) is 1.61. The van der Waals surface area contributed by atoms with Gasteiger partial charge < -0.3 is 15.5 Å². The first-order chi connectivity index (χ1) is 9.17. The van der Waals surface area contributed by atoms with Gasteiger partial charge in [-0.15, -0.1) is 0 Å². The number of carbonyl (C=O) groups excluding carboxylic acids is 1. The summed E-state index contributed by atoms with van der Waals surface area (Å²) in [7, 11) is 0. The van der Waals surface area contributed by atoms with Gasteiger partial charge >= 0.3 is 0 Å². The van der Waals surface area contributed by atoms with Gasteiger partial charge in [-0.05, 0) is 12.0 Å². The summed E-state index contributed by atoms with van der Waals surface area (Å²) in [5.74, 6) is -0.159. The van der Waals surface area contributed by atoms with Crippen molar-refractivity contribution in [2.24, 2.45) is 0 Å². The summed E-state index contributed by atoms with van der Waals surface area (Å²) in [4.78, 5) is 11.4. The number of nitrogens with one attached hydrogen (secondary N) is 1. The summed E-state index contributed by atoms with van der Waals surface area (Å²) in [5.41, 5.74) is 0.957. The Hall–Kier alpha value is -1.65. The largest absolute Gasteiger partial charge is 0.394 e. The lowest BCUT2D eigenvalue weighted by Crippen LogP contribution is -2.45. The maximum Gasteiger partial charge on any atom is 0.220 e. The molecule has 0 aliphatic rings. The average Bonchev–Trinajstić information content (AvgIpc) is 2.43. The van der Waals surface area contributed by atoms with Crippen LogP contribution in [0.25, 0.3) is 6.08 Å². The van der Waals surface area contributed by atoms with E-state index in [0.717, 1.165) is 12.0 Å². The van der Waals surface area contributed by atoms with Crippen LogP contribution in [0.4, 0.5) is 0 Å². The molecule has 0 spiro atoms. The van der Waals surface area contributed by atoms with Gasteiger partial charge in [0.05, 0.1) is 18.8 Å². The topological polar surface area (TPSA) is 69.6 Å². The van der Waals surface area contributed by atoms with Crippen LogP contribution in [0.5, 0.6) is 0 Å². The Labute approximate surface area is 113 Å². The Morgan fingerprint density at radius 2 is 2.05 bits per heavy atom. The number of carbonyl (C=O) groups is 1. The molecule has 4 nitrogen and oxygen atoms in total. The van der Waals surface area contributed by atoms with Crippen LogP contribution in [0, 0.1) is 0 Å². The molecule has 104 valence electrons. The highest BCUT2D eigenvalue weighted by Crippen LogP contribution is 2.04. The summed E-state index contributed by atoms with van der Waals surface area (Å²) >= 11 is 0. The molecule has 0 aliphatic carbocycles. The summed E-state index contributed by atoms with van der Waals surface area (Å²) in [6, 6.07) is 8.87. The van der Waals surface area contributed by atoms with Crippen LogP contribution in [0.15, 0.2) is 36.4 Å². The zero-order chi connectivity index (χ0) is 14.1. The number of hydrogen-bond donors (Lipinski definition) is 3. The van der Waals surface area contributed by atoms with E-state index in [1.807, 2.05) is 37.3 Å². The number of amides is 1. The minimum Gasteiger partial charge on any atom is -0.394 e. The second-order valence-electron chi connectivity index (χ2n) is 4.37. The Bertz CT molecular complexity index is 403. The second kappa shape index (κ2) is 8.45. The van der Waals surface area contributed by atoms with Gasteiger partial charge in [0.2, 0.25) is 5.91 Å². The van der Waals surface area contributed by atoms with Crippen LogP contribution in [0.2, 0.25) is 0 Å². The number of aliphatic hydroxyl groups is 2. The van der Waals surface area contributed by atoms with Gasteiger partial charge in [-0.2, -0.15) is 0 Å². The fraction of sp³-hybridized carbons (Fsp3) is 0.400. The fourth-order valence-electron chi connectivity index (χ4n) is 1.65. The smallest absolute Gasteiger partial charge is 0.220 e. The monoisotopic (exact) mass is 263 g/mol. The molecule has 0 bridgehead atoms. The minimum atomic E-state index is -0.911. The molecule has 0 heterocycles. The van der Waals surface area contributed by atoms with E-state index in [1.54, 1.807) is 12.2 Å². The van der Waals surface area contributed by atoms with E-state index >= 15 is 0 Å². The first-order valence-corrected chi connectivity index (χ1v) is 6.49. The van der Waals surface area contributed by atoms with Crippen molar-refractivity contribution in [2.45, 2.75) is 31.9 Å². The van der Waals surface area contributed by atoms with Crippen LogP contribution in [-0.2, 0) is 4.79 Å². The van der Waals surface area contributed by atoms with Crippen LogP contribution in [0.1, 0.15) is 25.3 Å². The van der Waals surface area contributed by atoms with Crippen molar-refractivity contribution in [1.82, 2.24) is 5.32 Å². The number of hydrogen-bond acceptors (Lipinski definition) is 3. The summed E-state index contributed by atoms with van der Waals surface area (Å²) in [6.07, 6.45) is 3.55. The number of aliphatic hydroxyl groups excluding tert-OH is 2. The van der Waals surface area contributed by atoms with Crippen molar-refractivity contribution in [1.29, 1.82) is 0 Å². The molecule has 0 unspecified atom stereocenters.